The molecule has 0 aromatic heterocycles. The van der Waals surface area contributed by atoms with Gasteiger partial charge in [-0.2, -0.15) is 0 Å². The molecule has 0 aromatic carbocycles. The van der Waals surface area contributed by atoms with E-state index < -0.39 is 0 Å². The average Bonchev–Trinajstić information content (AvgIpc) is 2.36. The van der Waals surface area contributed by atoms with Gasteiger partial charge in [0.1, 0.15) is 6.10 Å². The first kappa shape index (κ1) is 6.00. The van der Waals surface area contributed by atoms with Crippen LogP contribution in [-0.2, 0) is 9.53 Å². The zero-order valence-electron chi connectivity index (χ0n) is 6.01. The Kier molecular flexibility index (Phi) is 0.876. The number of hydrogen-bond acceptors (Lipinski definition) is 3. The molecule has 4 aliphatic carbocycles. The highest BCUT2D eigenvalue weighted by atomic mass is 16.5. The summed E-state index contributed by atoms with van der Waals surface area (Å²) in [5.41, 5.74) is 0. The molecule has 4 bridgehead atoms. The van der Waals surface area contributed by atoms with Crippen molar-refractivity contribution in [2.75, 3.05) is 0 Å². The molecule has 4 aliphatic rings. The molecule has 3 nitrogen and oxygen atoms in total. The fraction of sp³-hybridized carbons (Fsp3) is 0.875. The topological polar surface area (TPSA) is 46.5 Å². The first-order chi connectivity index (χ1) is 5.34. The Morgan fingerprint density at radius 2 is 2.18 bits per heavy atom. The molecular formula is C8H10O3. The maximum absolute atomic E-state index is 10.1. The monoisotopic (exact) mass is 154 g/mol. The van der Waals surface area contributed by atoms with Crippen molar-refractivity contribution in [3.05, 3.63) is 0 Å². The Balaban J connectivity index is 1.86. The third kappa shape index (κ3) is 0.495. The largest absolute Gasteiger partial charge is 0.464 e. The van der Waals surface area contributed by atoms with Gasteiger partial charge in [0.15, 0.2) is 0 Å². The summed E-state index contributed by atoms with van der Waals surface area (Å²) in [5.74, 6) is 1.94. The van der Waals surface area contributed by atoms with Crippen LogP contribution in [0.2, 0.25) is 0 Å². The maximum Gasteiger partial charge on any atom is 0.293 e. The van der Waals surface area contributed by atoms with E-state index in [0.29, 0.717) is 24.2 Å². The molecule has 6 unspecified atom stereocenters. The lowest BCUT2D eigenvalue weighted by Gasteiger charge is -2.14. The predicted octanol–water partition coefficient (Wildman–Crippen LogP) is -0.215. The summed E-state index contributed by atoms with van der Waals surface area (Å²) in [6.07, 6.45) is 0.960. The van der Waals surface area contributed by atoms with Crippen molar-refractivity contribution in [3.8, 4) is 0 Å². The van der Waals surface area contributed by atoms with Gasteiger partial charge in [0.05, 0.1) is 6.10 Å². The number of ether oxygens (including phenoxy) is 1. The van der Waals surface area contributed by atoms with Crippen molar-refractivity contribution in [1.82, 2.24) is 0 Å². The van der Waals surface area contributed by atoms with E-state index in [2.05, 4.69) is 0 Å². The van der Waals surface area contributed by atoms with Crippen LogP contribution in [0, 0.1) is 23.7 Å². The van der Waals surface area contributed by atoms with Crippen molar-refractivity contribution < 1.29 is 14.6 Å². The number of carbonyl (C=O) groups is 1. The Labute approximate surface area is 64.3 Å². The second-order valence-corrected chi connectivity index (χ2v) is 3.91. The highest BCUT2D eigenvalue weighted by Gasteiger charge is 2.74. The Hall–Kier alpha value is -0.570. The van der Waals surface area contributed by atoms with E-state index in [4.69, 9.17) is 4.74 Å². The van der Waals surface area contributed by atoms with Gasteiger partial charge in [-0.1, -0.05) is 0 Å². The molecule has 1 N–H and O–H groups in total. The number of rotatable bonds is 2. The predicted molar refractivity (Wildman–Crippen MR) is 35.5 cm³/mol. The van der Waals surface area contributed by atoms with Crippen molar-refractivity contribution >= 4 is 6.47 Å². The molecule has 6 atom stereocenters. The normalized spacial score (nSPS) is 63.0. The highest BCUT2D eigenvalue weighted by Crippen LogP contribution is 2.70. The Morgan fingerprint density at radius 3 is 2.55 bits per heavy atom. The number of aliphatic hydroxyl groups is 1. The molecule has 0 spiro atoms. The van der Waals surface area contributed by atoms with E-state index in [-0.39, 0.29) is 18.1 Å². The smallest absolute Gasteiger partial charge is 0.293 e. The minimum Gasteiger partial charge on any atom is -0.464 e. The van der Waals surface area contributed by atoms with Crippen molar-refractivity contribution in [3.63, 3.8) is 0 Å². The molecule has 4 rings (SSSR count). The van der Waals surface area contributed by atoms with Gasteiger partial charge >= 0.3 is 0 Å². The highest BCUT2D eigenvalue weighted by molar-refractivity contribution is 5.39. The summed E-state index contributed by atoms with van der Waals surface area (Å²) < 4.78 is 4.94. The summed E-state index contributed by atoms with van der Waals surface area (Å²) in [4.78, 5) is 10.1. The van der Waals surface area contributed by atoms with E-state index in [1.807, 2.05) is 0 Å². The summed E-state index contributed by atoms with van der Waals surface area (Å²) in [7, 11) is 0. The molecule has 0 saturated heterocycles. The Bertz CT molecular complexity index is 215. The van der Waals surface area contributed by atoms with E-state index in [1.54, 1.807) is 0 Å². The standard InChI is InChI=1S/C8H10O3/c9-2-11-8-4-1-3-5(6(3)8)7(4)10/h2-8,10H,1H2. The molecule has 11 heavy (non-hydrogen) atoms. The fourth-order valence-corrected chi connectivity index (χ4v) is 3.29. The van der Waals surface area contributed by atoms with E-state index >= 15 is 0 Å². The number of carbonyl (C=O) groups excluding carboxylic acids is 1. The average molecular weight is 154 g/mol. The van der Waals surface area contributed by atoms with Gasteiger partial charge in [-0.05, 0) is 18.3 Å². The summed E-state index contributed by atoms with van der Waals surface area (Å²) in [5, 5.41) is 9.55. The molecule has 3 heteroatoms. The zero-order chi connectivity index (χ0) is 7.59. The van der Waals surface area contributed by atoms with Gasteiger partial charge in [0, 0.05) is 11.8 Å². The molecule has 0 amide bonds. The summed E-state index contributed by atoms with van der Waals surface area (Å²) in [6, 6.07) is 0. The minimum absolute atomic E-state index is 0.0532. The molecule has 0 aliphatic heterocycles. The van der Waals surface area contributed by atoms with Crippen LogP contribution in [0.25, 0.3) is 0 Å². The third-order valence-electron chi connectivity index (χ3n) is 3.68. The minimum atomic E-state index is -0.171. The van der Waals surface area contributed by atoms with Crippen LogP contribution in [-0.4, -0.2) is 23.8 Å². The zero-order valence-corrected chi connectivity index (χ0v) is 6.01. The van der Waals surface area contributed by atoms with Crippen LogP contribution in [0.5, 0.6) is 0 Å². The van der Waals surface area contributed by atoms with Crippen molar-refractivity contribution in [2.45, 2.75) is 18.6 Å². The van der Waals surface area contributed by atoms with Crippen molar-refractivity contribution in [1.29, 1.82) is 0 Å². The molecule has 4 fully saturated rings. The van der Waals surface area contributed by atoms with Crippen LogP contribution in [0.1, 0.15) is 6.42 Å². The van der Waals surface area contributed by atoms with Crippen LogP contribution < -0.4 is 0 Å². The van der Waals surface area contributed by atoms with E-state index in [1.165, 1.54) is 0 Å². The molecule has 0 heterocycles. The first-order valence-corrected chi connectivity index (χ1v) is 4.12. The molecule has 0 radical (unpaired) electrons. The lowest BCUT2D eigenvalue weighted by molar-refractivity contribution is -0.136. The lowest BCUT2D eigenvalue weighted by atomic mass is 10.1. The van der Waals surface area contributed by atoms with Gasteiger partial charge in [-0.15, -0.1) is 0 Å². The molecule has 60 valence electrons. The van der Waals surface area contributed by atoms with Crippen LogP contribution >= 0.6 is 0 Å². The van der Waals surface area contributed by atoms with Crippen molar-refractivity contribution in [2.24, 2.45) is 23.7 Å². The second kappa shape index (κ2) is 1.61. The van der Waals surface area contributed by atoms with Crippen LogP contribution in [0.3, 0.4) is 0 Å². The Morgan fingerprint density at radius 1 is 1.36 bits per heavy atom. The van der Waals surface area contributed by atoms with E-state index in [0.717, 1.165) is 6.42 Å². The van der Waals surface area contributed by atoms with Gasteiger partial charge in [0.25, 0.3) is 6.47 Å². The molecular weight excluding hydrogens is 144 g/mol. The van der Waals surface area contributed by atoms with Crippen LogP contribution in [0.15, 0.2) is 0 Å². The number of aliphatic hydroxyl groups excluding tert-OH is 1. The van der Waals surface area contributed by atoms with Gasteiger partial charge < -0.3 is 9.84 Å². The first-order valence-electron chi connectivity index (χ1n) is 4.12. The second-order valence-electron chi connectivity index (χ2n) is 3.91. The summed E-state index contributed by atoms with van der Waals surface area (Å²) in [6.45, 7) is 0.521. The SMILES string of the molecule is O=COC1C2CC3C(C2O)C31. The maximum atomic E-state index is 10.1. The third-order valence-corrected chi connectivity index (χ3v) is 3.68. The number of hydrogen-bond donors (Lipinski definition) is 1. The van der Waals surface area contributed by atoms with E-state index in [9.17, 15) is 9.90 Å². The summed E-state index contributed by atoms with van der Waals surface area (Å²) >= 11 is 0. The van der Waals surface area contributed by atoms with Crippen LogP contribution in [0.4, 0.5) is 0 Å². The molecule has 4 saturated carbocycles. The van der Waals surface area contributed by atoms with Gasteiger partial charge in [0.2, 0.25) is 0 Å². The quantitative estimate of drug-likeness (QED) is 0.559. The lowest BCUT2D eigenvalue weighted by Crippen LogP contribution is -2.22. The fourth-order valence-electron chi connectivity index (χ4n) is 3.29. The molecule has 0 aromatic rings. The van der Waals surface area contributed by atoms with Gasteiger partial charge in [-0.25, -0.2) is 0 Å². The van der Waals surface area contributed by atoms with Gasteiger partial charge in [-0.3, -0.25) is 4.79 Å².